The van der Waals surface area contributed by atoms with E-state index in [0.29, 0.717) is 0 Å². The Bertz CT molecular complexity index is 450. The van der Waals surface area contributed by atoms with E-state index in [1.54, 1.807) is 7.11 Å². The number of benzene rings is 1. The maximum absolute atomic E-state index is 5.79. The fourth-order valence-corrected chi connectivity index (χ4v) is 3.38. The second kappa shape index (κ2) is 7.25. The number of methoxy groups -OCH3 is 1. The van der Waals surface area contributed by atoms with Gasteiger partial charge in [0.2, 0.25) is 0 Å². The van der Waals surface area contributed by atoms with E-state index in [1.807, 2.05) is 0 Å². The summed E-state index contributed by atoms with van der Waals surface area (Å²) in [4.78, 5) is 0. The lowest BCUT2D eigenvalue weighted by molar-refractivity contribution is -0.0493. The summed E-state index contributed by atoms with van der Waals surface area (Å²) >= 11 is 0. The summed E-state index contributed by atoms with van der Waals surface area (Å²) < 4.78 is 11.3. The van der Waals surface area contributed by atoms with E-state index in [1.165, 1.54) is 11.1 Å². The average Bonchev–Trinajstić information content (AvgIpc) is 2.99. The van der Waals surface area contributed by atoms with Gasteiger partial charge in [-0.2, -0.15) is 0 Å². The van der Waals surface area contributed by atoms with Crippen molar-refractivity contribution in [1.29, 1.82) is 0 Å². The lowest BCUT2D eigenvalue weighted by Crippen LogP contribution is -2.54. The maximum atomic E-state index is 5.79. The Hall–Kier alpha value is -1.10. The van der Waals surface area contributed by atoms with Gasteiger partial charge in [-0.1, -0.05) is 26.0 Å². The summed E-state index contributed by atoms with van der Waals surface area (Å²) in [5, 5.41) is 0. The lowest BCUT2D eigenvalue weighted by Gasteiger charge is -2.38. The van der Waals surface area contributed by atoms with Crippen LogP contribution in [0, 0.1) is 0 Å². The molecule has 118 valence electrons. The predicted molar refractivity (Wildman–Crippen MR) is 85.4 cm³/mol. The van der Waals surface area contributed by atoms with Crippen molar-refractivity contribution in [2.45, 2.75) is 57.6 Å². The zero-order chi connectivity index (χ0) is 15.3. The quantitative estimate of drug-likeness (QED) is 0.571. The normalized spacial score (nSPS) is 15.6. The molecule has 0 bridgehead atoms. The van der Waals surface area contributed by atoms with Crippen molar-refractivity contribution in [2.75, 3.05) is 13.7 Å². The van der Waals surface area contributed by atoms with Crippen LogP contribution in [0.1, 0.15) is 44.2 Å². The van der Waals surface area contributed by atoms with Crippen molar-refractivity contribution in [3.8, 4) is 5.75 Å². The topological polar surface area (TPSA) is 56.5 Å². The summed E-state index contributed by atoms with van der Waals surface area (Å²) in [6, 6.07) is 6.67. The van der Waals surface area contributed by atoms with Crippen molar-refractivity contribution < 1.29 is 9.47 Å². The minimum Gasteiger partial charge on any atom is -0.493 e. The first-order chi connectivity index (χ1) is 10.2. The fraction of sp³-hybridized carbons (Fsp3) is 0.647. The largest absolute Gasteiger partial charge is 0.493 e. The zero-order valence-electron chi connectivity index (χ0n) is 13.4. The van der Waals surface area contributed by atoms with Crippen LogP contribution in [0.3, 0.4) is 0 Å². The number of aryl methyl sites for hydroxylation is 1. The van der Waals surface area contributed by atoms with E-state index in [-0.39, 0.29) is 11.6 Å². The van der Waals surface area contributed by atoms with E-state index in [2.05, 4.69) is 37.5 Å². The average molecular weight is 292 g/mol. The van der Waals surface area contributed by atoms with Crippen LogP contribution in [-0.4, -0.2) is 25.4 Å². The SMILES string of the molecule is CCC(CC)(OC)C(CCc1ccc2c(c1)CCO2)NN. The molecule has 3 N–H and O–H groups in total. The molecule has 0 spiro atoms. The molecule has 1 aliphatic rings. The first-order valence-electron chi connectivity index (χ1n) is 7.95. The van der Waals surface area contributed by atoms with E-state index in [9.17, 15) is 0 Å². The lowest BCUT2D eigenvalue weighted by atomic mass is 9.85. The van der Waals surface area contributed by atoms with Gasteiger partial charge >= 0.3 is 0 Å². The third kappa shape index (κ3) is 3.39. The molecule has 0 saturated carbocycles. The molecule has 2 rings (SSSR count). The summed E-state index contributed by atoms with van der Waals surface area (Å²) in [5.74, 6) is 6.83. The Morgan fingerprint density at radius 1 is 1.38 bits per heavy atom. The van der Waals surface area contributed by atoms with Gasteiger partial charge < -0.3 is 9.47 Å². The predicted octanol–water partition coefficient (Wildman–Crippen LogP) is 2.59. The second-order valence-electron chi connectivity index (χ2n) is 5.77. The van der Waals surface area contributed by atoms with Crippen LogP contribution in [0.5, 0.6) is 5.75 Å². The van der Waals surface area contributed by atoms with Gasteiger partial charge in [-0.25, -0.2) is 0 Å². The Balaban J connectivity index is 2.03. The highest BCUT2D eigenvalue weighted by atomic mass is 16.5. The molecule has 21 heavy (non-hydrogen) atoms. The molecule has 1 heterocycles. The highest BCUT2D eigenvalue weighted by Gasteiger charge is 2.34. The molecule has 0 radical (unpaired) electrons. The highest BCUT2D eigenvalue weighted by molar-refractivity contribution is 5.39. The van der Waals surface area contributed by atoms with Crippen molar-refractivity contribution in [3.63, 3.8) is 0 Å². The minimum absolute atomic E-state index is 0.155. The van der Waals surface area contributed by atoms with Gasteiger partial charge in [-0.15, -0.1) is 0 Å². The van der Waals surface area contributed by atoms with Gasteiger partial charge in [0, 0.05) is 13.5 Å². The Labute approximate surface area is 128 Å². The van der Waals surface area contributed by atoms with Crippen LogP contribution in [0.25, 0.3) is 0 Å². The molecule has 0 aromatic heterocycles. The molecule has 0 amide bonds. The van der Waals surface area contributed by atoms with Crippen LogP contribution in [0.2, 0.25) is 0 Å². The molecule has 1 aromatic rings. The summed E-state index contributed by atoms with van der Waals surface area (Å²) in [7, 11) is 1.78. The number of ether oxygens (including phenoxy) is 2. The first-order valence-corrected chi connectivity index (χ1v) is 7.95. The Kier molecular flexibility index (Phi) is 5.62. The van der Waals surface area contributed by atoms with Crippen LogP contribution in [0.4, 0.5) is 0 Å². The third-order valence-electron chi connectivity index (χ3n) is 4.92. The van der Waals surface area contributed by atoms with Crippen LogP contribution in [0.15, 0.2) is 18.2 Å². The van der Waals surface area contributed by atoms with E-state index in [0.717, 1.165) is 44.5 Å². The Morgan fingerprint density at radius 2 is 2.14 bits per heavy atom. The number of hydrogen-bond donors (Lipinski definition) is 2. The molecule has 0 aliphatic carbocycles. The molecule has 1 aromatic carbocycles. The highest BCUT2D eigenvalue weighted by Crippen LogP contribution is 2.29. The molecule has 1 unspecified atom stereocenters. The number of fused-ring (bicyclic) bond motifs is 1. The zero-order valence-corrected chi connectivity index (χ0v) is 13.4. The molecule has 1 atom stereocenters. The summed E-state index contributed by atoms with van der Waals surface area (Å²) in [6.07, 6.45) is 4.88. The van der Waals surface area contributed by atoms with Gasteiger partial charge in [-0.05, 0) is 42.9 Å². The molecule has 0 fully saturated rings. The number of hydrazine groups is 1. The van der Waals surface area contributed by atoms with Crippen LogP contribution >= 0.6 is 0 Å². The van der Waals surface area contributed by atoms with Gasteiger partial charge in [0.25, 0.3) is 0 Å². The van der Waals surface area contributed by atoms with Gasteiger partial charge in [0.1, 0.15) is 5.75 Å². The van der Waals surface area contributed by atoms with E-state index in [4.69, 9.17) is 15.3 Å². The van der Waals surface area contributed by atoms with Crippen LogP contribution < -0.4 is 16.0 Å². The Morgan fingerprint density at radius 3 is 2.76 bits per heavy atom. The van der Waals surface area contributed by atoms with Crippen molar-refractivity contribution in [3.05, 3.63) is 29.3 Å². The first kappa shape index (κ1) is 16.3. The molecule has 4 nitrogen and oxygen atoms in total. The molecular formula is C17H28N2O2. The van der Waals surface area contributed by atoms with Gasteiger partial charge in [-0.3, -0.25) is 11.3 Å². The van der Waals surface area contributed by atoms with E-state index >= 15 is 0 Å². The molecule has 0 saturated heterocycles. The van der Waals surface area contributed by atoms with Crippen molar-refractivity contribution in [2.24, 2.45) is 5.84 Å². The monoisotopic (exact) mass is 292 g/mol. The summed E-state index contributed by atoms with van der Waals surface area (Å²) in [5.41, 5.74) is 5.45. The van der Waals surface area contributed by atoms with Crippen molar-refractivity contribution in [1.82, 2.24) is 5.43 Å². The molecule has 4 heteroatoms. The van der Waals surface area contributed by atoms with Gasteiger partial charge in [0.05, 0.1) is 18.2 Å². The number of nitrogens with two attached hydrogens (primary N) is 1. The standard InChI is InChI=1S/C17H28N2O2/c1-4-17(5-2,20-3)16(19-18)9-7-13-6-8-15-14(12-13)10-11-21-15/h6,8,12,16,19H,4-5,7,9-11,18H2,1-3H3. The van der Waals surface area contributed by atoms with Crippen LogP contribution in [-0.2, 0) is 17.6 Å². The third-order valence-corrected chi connectivity index (χ3v) is 4.92. The number of nitrogens with one attached hydrogen (secondary N) is 1. The smallest absolute Gasteiger partial charge is 0.122 e. The maximum Gasteiger partial charge on any atom is 0.122 e. The summed E-state index contributed by atoms with van der Waals surface area (Å²) in [6.45, 7) is 5.12. The van der Waals surface area contributed by atoms with Crippen molar-refractivity contribution >= 4 is 0 Å². The molecular weight excluding hydrogens is 264 g/mol. The fourth-order valence-electron chi connectivity index (χ4n) is 3.38. The number of hydrogen-bond acceptors (Lipinski definition) is 4. The second-order valence-corrected chi connectivity index (χ2v) is 5.77. The van der Waals surface area contributed by atoms with E-state index < -0.39 is 0 Å². The number of rotatable bonds is 8. The van der Waals surface area contributed by atoms with Gasteiger partial charge in [0.15, 0.2) is 0 Å². The minimum atomic E-state index is -0.186. The molecule has 1 aliphatic heterocycles.